The van der Waals surface area contributed by atoms with Gasteiger partial charge >= 0.3 is 0 Å². The first-order valence-electron chi connectivity index (χ1n) is 3.74. The van der Waals surface area contributed by atoms with E-state index in [-0.39, 0.29) is 11.8 Å². The molecule has 1 aliphatic heterocycles. The first-order chi connectivity index (χ1) is 6.20. The van der Waals surface area contributed by atoms with E-state index < -0.39 is 4.92 Å². The Morgan fingerprint density at radius 2 is 2.31 bits per heavy atom. The van der Waals surface area contributed by atoms with Gasteiger partial charge in [-0.2, -0.15) is 0 Å². The number of epoxide rings is 1. The molecule has 13 heavy (non-hydrogen) atoms. The Balaban J connectivity index is 2.47. The monoisotopic (exact) mass is 243 g/mol. The van der Waals surface area contributed by atoms with Gasteiger partial charge in [0.2, 0.25) is 0 Å². The zero-order valence-electron chi connectivity index (χ0n) is 6.57. The highest BCUT2D eigenvalue weighted by atomic mass is 79.9. The smallest absolute Gasteiger partial charge is 0.283 e. The van der Waals surface area contributed by atoms with Gasteiger partial charge in [0.25, 0.3) is 5.69 Å². The van der Waals surface area contributed by atoms with Crippen LogP contribution >= 0.6 is 15.9 Å². The quantitative estimate of drug-likeness (QED) is 0.456. The van der Waals surface area contributed by atoms with Gasteiger partial charge in [-0.3, -0.25) is 10.1 Å². The van der Waals surface area contributed by atoms with E-state index in [1.54, 1.807) is 6.07 Å². The van der Waals surface area contributed by atoms with Crippen molar-refractivity contribution in [2.45, 2.75) is 6.10 Å². The van der Waals surface area contributed by atoms with Gasteiger partial charge in [0.1, 0.15) is 10.6 Å². The van der Waals surface area contributed by atoms with E-state index >= 15 is 0 Å². The molecule has 0 spiro atoms. The van der Waals surface area contributed by atoms with E-state index in [4.69, 9.17) is 4.74 Å². The maximum Gasteiger partial charge on any atom is 0.283 e. The van der Waals surface area contributed by atoms with Gasteiger partial charge in [-0.1, -0.05) is 12.1 Å². The summed E-state index contributed by atoms with van der Waals surface area (Å²) in [7, 11) is 0. The Morgan fingerprint density at radius 1 is 1.62 bits per heavy atom. The lowest BCUT2D eigenvalue weighted by Crippen LogP contribution is -1.92. The number of ether oxygens (including phenoxy) is 1. The van der Waals surface area contributed by atoms with Crippen LogP contribution in [0.3, 0.4) is 0 Å². The van der Waals surface area contributed by atoms with Crippen LogP contribution in [0.2, 0.25) is 0 Å². The van der Waals surface area contributed by atoms with Crippen molar-refractivity contribution in [1.29, 1.82) is 0 Å². The third kappa shape index (κ3) is 1.57. The van der Waals surface area contributed by atoms with Crippen LogP contribution in [0.25, 0.3) is 0 Å². The summed E-state index contributed by atoms with van der Waals surface area (Å²) in [6.07, 6.45) is 0.0364. The Kier molecular flexibility index (Phi) is 2.05. The molecule has 68 valence electrons. The molecule has 4 nitrogen and oxygen atoms in total. The van der Waals surface area contributed by atoms with Gasteiger partial charge in [-0.25, -0.2) is 0 Å². The molecule has 0 saturated carbocycles. The van der Waals surface area contributed by atoms with Crippen molar-refractivity contribution in [3.05, 3.63) is 38.3 Å². The Bertz CT molecular complexity index is 362. The standard InChI is InChI=1S/C8H6BrNO3/c9-8-5(7-4-13-7)2-1-3-6(8)10(11)12/h1-3,7H,4H2/t7-/m1/s1. The lowest BCUT2D eigenvalue weighted by atomic mass is 10.1. The molecule has 2 rings (SSSR count). The van der Waals surface area contributed by atoms with Crippen molar-refractivity contribution in [3.63, 3.8) is 0 Å². The number of hydrogen-bond acceptors (Lipinski definition) is 3. The second-order valence-corrected chi connectivity index (χ2v) is 3.55. The summed E-state index contributed by atoms with van der Waals surface area (Å²) in [5.41, 5.74) is 0.946. The number of nitro benzene ring substituents is 1. The molecule has 1 atom stereocenters. The summed E-state index contributed by atoms with van der Waals surface area (Å²) >= 11 is 3.20. The SMILES string of the molecule is O=[N+]([O-])c1cccc([C@H]2CO2)c1Br. The molecular formula is C8H6BrNO3. The largest absolute Gasteiger partial charge is 0.368 e. The molecule has 0 radical (unpaired) electrons. The fourth-order valence-electron chi connectivity index (χ4n) is 1.15. The molecule has 0 aromatic heterocycles. The van der Waals surface area contributed by atoms with Crippen LogP contribution in [-0.2, 0) is 4.74 Å². The summed E-state index contributed by atoms with van der Waals surface area (Å²) in [6, 6.07) is 4.96. The van der Waals surface area contributed by atoms with Gasteiger partial charge < -0.3 is 4.74 Å². The summed E-state index contributed by atoms with van der Waals surface area (Å²) in [6.45, 7) is 0.653. The van der Waals surface area contributed by atoms with Crippen LogP contribution in [0.4, 0.5) is 5.69 Å². The van der Waals surface area contributed by atoms with Gasteiger partial charge in [0, 0.05) is 11.6 Å². The van der Waals surface area contributed by atoms with Crippen LogP contribution in [0.1, 0.15) is 11.7 Å². The number of nitro groups is 1. The maximum atomic E-state index is 10.6. The molecule has 0 N–H and O–H groups in total. The minimum absolute atomic E-state index is 0.0364. The highest BCUT2D eigenvalue weighted by Crippen LogP contribution is 2.38. The predicted molar refractivity (Wildman–Crippen MR) is 49.5 cm³/mol. The molecule has 1 heterocycles. The van der Waals surface area contributed by atoms with Crippen molar-refractivity contribution in [3.8, 4) is 0 Å². The van der Waals surface area contributed by atoms with E-state index in [1.165, 1.54) is 6.07 Å². The number of rotatable bonds is 2. The van der Waals surface area contributed by atoms with Crippen molar-refractivity contribution in [2.24, 2.45) is 0 Å². The van der Waals surface area contributed by atoms with Gasteiger partial charge in [0.15, 0.2) is 0 Å². The average Bonchev–Trinajstić information content (AvgIpc) is 2.87. The molecule has 0 bridgehead atoms. The van der Waals surface area contributed by atoms with E-state index in [0.717, 1.165) is 5.56 Å². The van der Waals surface area contributed by atoms with Crippen LogP contribution in [0.5, 0.6) is 0 Å². The number of benzene rings is 1. The molecule has 0 aliphatic carbocycles. The zero-order chi connectivity index (χ0) is 9.42. The Hall–Kier alpha value is -0.940. The van der Waals surface area contributed by atoms with Gasteiger partial charge in [-0.05, 0) is 15.9 Å². The highest BCUT2D eigenvalue weighted by Gasteiger charge is 2.29. The predicted octanol–water partition coefficient (Wildman–Crippen LogP) is 2.43. The summed E-state index contributed by atoms with van der Waals surface area (Å²) < 4.78 is 5.59. The molecule has 5 heteroatoms. The van der Waals surface area contributed by atoms with Crippen LogP contribution in [-0.4, -0.2) is 11.5 Å². The van der Waals surface area contributed by atoms with Crippen molar-refractivity contribution in [1.82, 2.24) is 0 Å². The minimum atomic E-state index is -0.407. The molecule has 0 unspecified atom stereocenters. The maximum absolute atomic E-state index is 10.6. The average molecular weight is 244 g/mol. The molecule has 0 amide bonds. The number of nitrogens with zero attached hydrogens (tertiary/aromatic N) is 1. The third-order valence-corrected chi connectivity index (χ3v) is 2.75. The van der Waals surface area contributed by atoms with E-state index in [9.17, 15) is 10.1 Å². The third-order valence-electron chi connectivity index (χ3n) is 1.89. The first kappa shape index (κ1) is 8.65. The molecule has 1 aromatic carbocycles. The van der Waals surface area contributed by atoms with E-state index in [2.05, 4.69) is 15.9 Å². The molecule has 1 aromatic rings. The summed E-state index contributed by atoms with van der Waals surface area (Å²) in [5, 5.41) is 10.6. The second kappa shape index (κ2) is 3.08. The minimum Gasteiger partial charge on any atom is -0.368 e. The van der Waals surface area contributed by atoms with Gasteiger partial charge in [0.05, 0.1) is 11.5 Å². The fourth-order valence-corrected chi connectivity index (χ4v) is 1.82. The lowest BCUT2D eigenvalue weighted by molar-refractivity contribution is -0.385. The number of halogens is 1. The van der Waals surface area contributed by atoms with Crippen molar-refractivity contribution >= 4 is 21.6 Å². The molecule has 1 saturated heterocycles. The molecule has 1 fully saturated rings. The molecule has 1 aliphatic rings. The van der Waals surface area contributed by atoms with Crippen molar-refractivity contribution < 1.29 is 9.66 Å². The van der Waals surface area contributed by atoms with E-state index in [1.807, 2.05) is 6.07 Å². The lowest BCUT2D eigenvalue weighted by Gasteiger charge is -2.00. The first-order valence-corrected chi connectivity index (χ1v) is 4.54. The Morgan fingerprint density at radius 3 is 2.85 bits per heavy atom. The van der Waals surface area contributed by atoms with Crippen LogP contribution < -0.4 is 0 Å². The van der Waals surface area contributed by atoms with Crippen molar-refractivity contribution in [2.75, 3.05) is 6.61 Å². The highest BCUT2D eigenvalue weighted by molar-refractivity contribution is 9.10. The van der Waals surface area contributed by atoms with Gasteiger partial charge in [-0.15, -0.1) is 0 Å². The summed E-state index contributed by atoms with van der Waals surface area (Å²) in [5.74, 6) is 0. The van der Waals surface area contributed by atoms with E-state index in [0.29, 0.717) is 11.1 Å². The Labute approximate surface area is 82.8 Å². The topological polar surface area (TPSA) is 55.7 Å². The summed E-state index contributed by atoms with van der Waals surface area (Å²) in [4.78, 5) is 10.1. The normalized spacial score (nSPS) is 19.9. The number of hydrogen-bond donors (Lipinski definition) is 0. The second-order valence-electron chi connectivity index (χ2n) is 2.76. The molecular weight excluding hydrogens is 238 g/mol. The van der Waals surface area contributed by atoms with Crippen LogP contribution in [0, 0.1) is 10.1 Å². The van der Waals surface area contributed by atoms with Crippen LogP contribution in [0.15, 0.2) is 22.7 Å². The fraction of sp³-hybridized carbons (Fsp3) is 0.250. The zero-order valence-corrected chi connectivity index (χ0v) is 8.15.